The molecule has 1 N–H and O–H groups in total. The Balaban J connectivity index is 1.90. The van der Waals surface area contributed by atoms with E-state index in [0.29, 0.717) is 12.7 Å². The molecule has 0 amide bonds. The molecule has 1 aromatic rings. The predicted octanol–water partition coefficient (Wildman–Crippen LogP) is 2.35. The third-order valence-corrected chi connectivity index (χ3v) is 3.46. The lowest BCUT2D eigenvalue weighted by molar-refractivity contribution is 0.174. The fourth-order valence-corrected chi connectivity index (χ4v) is 2.55. The monoisotopic (exact) mass is 235 g/mol. The lowest BCUT2D eigenvalue weighted by Crippen LogP contribution is -2.17. The van der Waals surface area contributed by atoms with Crippen molar-refractivity contribution in [2.75, 3.05) is 32.4 Å². The minimum Gasteiger partial charge on any atom is -0.454 e. The SMILES string of the molecule is COCCC1CCNc2cc3c(cc21)OCO3. The van der Waals surface area contributed by atoms with Gasteiger partial charge in [-0.1, -0.05) is 0 Å². The fourth-order valence-electron chi connectivity index (χ4n) is 2.55. The molecule has 0 fully saturated rings. The van der Waals surface area contributed by atoms with E-state index in [9.17, 15) is 0 Å². The van der Waals surface area contributed by atoms with E-state index >= 15 is 0 Å². The van der Waals surface area contributed by atoms with Gasteiger partial charge < -0.3 is 19.5 Å². The van der Waals surface area contributed by atoms with Crippen molar-refractivity contribution in [3.05, 3.63) is 17.7 Å². The van der Waals surface area contributed by atoms with Gasteiger partial charge >= 0.3 is 0 Å². The highest BCUT2D eigenvalue weighted by atomic mass is 16.7. The molecule has 1 atom stereocenters. The quantitative estimate of drug-likeness (QED) is 0.873. The summed E-state index contributed by atoms with van der Waals surface area (Å²) in [6.45, 7) is 2.15. The van der Waals surface area contributed by atoms with Crippen molar-refractivity contribution in [2.45, 2.75) is 18.8 Å². The average Bonchev–Trinajstić information content (AvgIpc) is 2.80. The van der Waals surface area contributed by atoms with Gasteiger partial charge in [0.1, 0.15) is 0 Å². The Hall–Kier alpha value is -1.42. The van der Waals surface area contributed by atoms with Gasteiger partial charge in [-0.25, -0.2) is 0 Å². The average molecular weight is 235 g/mol. The zero-order chi connectivity index (χ0) is 11.7. The molecule has 0 saturated heterocycles. The first-order valence-corrected chi connectivity index (χ1v) is 6.05. The minimum absolute atomic E-state index is 0.334. The molecule has 1 unspecified atom stereocenters. The molecule has 2 heterocycles. The van der Waals surface area contributed by atoms with Gasteiger partial charge in [-0.15, -0.1) is 0 Å². The fraction of sp³-hybridized carbons (Fsp3) is 0.538. The number of benzene rings is 1. The second-order valence-corrected chi connectivity index (χ2v) is 4.49. The molecule has 0 aromatic heterocycles. The maximum Gasteiger partial charge on any atom is 0.231 e. The van der Waals surface area contributed by atoms with Crippen molar-refractivity contribution in [3.63, 3.8) is 0 Å². The van der Waals surface area contributed by atoms with E-state index in [4.69, 9.17) is 14.2 Å². The van der Waals surface area contributed by atoms with Crippen LogP contribution in [-0.4, -0.2) is 27.1 Å². The van der Waals surface area contributed by atoms with Crippen molar-refractivity contribution in [1.82, 2.24) is 0 Å². The summed E-state index contributed by atoms with van der Waals surface area (Å²) in [5, 5.41) is 3.42. The van der Waals surface area contributed by atoms with Crippen LogP contribution in [0, 0.1) is 0 Å². The molecule has 4 heteroatoms. The number of rotatable bonds is 3. The molecular formula is C13H17NO3. The van der Waals surface area contributed by atoms with Gasteiger partial charge in [0.05, 0.1) is 0 Å². The largest absolute Gasteiger partial charge is 0.454 e. The second kappa shape index (κ2) is 4.45. The molecule has 0 radical (unpaired) electrons. The molecule has 3 rings (SSSR count). The van der Waals surface area contributed by atoms with Gasteiger partial charge in [0.25, 0.3) is 0 Å². The zero-order valence-corrected chi connectivity index (χ0v) is 9.99. The topological polar surface area (TPSA) is 39.7 Å². The van der Waals surface area contributed by atoms with Crippen LogP contribution in [0.4, 0.5) is 5.69 Å². The molecule has 92 valence electrons. The van der Waals surface area contributed by atoms with Gasteiger partial charge in [0.15, 0.2) is 11.5 Å². The molecule has 2 aliphatic heterocycles. The highest BCUT2D eigenvalue weighted by molar-refractivity contribution is 5.63. The van der Waals surface area contributed by atoms with Crippen LogP contribution in [0.1, 0.15) is 24.3 Å². The summed E-state index contributed by atoms with van der Waals surface area (Å²) in [6, 6.07) is 4.17. The molecule has 0 saturated carbocycles. The predicted molar refractivity (Wildman–Crippen MR) is 64.9 cm³/mol. The van der Waals surface area contributed by atoms with Crippen molar-refractivity contribution < 1.29 is 14.2 Å². The van der Waals surface area contributed by atoms with Crippen molar-refractivity contribution >= 4 is 5.69 Å². The normalized spacial score (nSPS) is 20.9. The summed E-state index contributed by atoms with van der Waals surface area (Å²) in [6.07, 6.45) is 2.21. The number of methoxy groups -OCH3 is 1. The Morgan fingerprint density at radius 1 is 1.35 bits per heavy atom. The number of fused-ring (bicyclic) bond motifs is 2. The van der Waals surface area contributed by atoms with Crippen LogP contribution in [0.3, 0.4) is 0 Å². The summed E-state index contributed by atoms with van der Waals surface area (Å²) in [4.78, 5) is 0. The Kier molecular flexibility index (Phi) is 2.81. The second-order valence-electron chi connectivity index (χ2n) is 4.49. The van der Waals surface area contributed by atoms with E-state index in [-0.39, 0.29) is 0 Å². The summed E-state index contributed by atoms with van der Waals surface area (Å²) in [5.41, 5.74) is 2.51. The van der Waals surface area contributed by atoms with Crippen LogP contribution in [-0.2, 0) is 4.74 Å². The number of ether oxygens (including phenoxy) is 3. The summed E-state index contributed by atoms with van der Waals surface area (Å²) >= 11 is 0. The molecule has 2 aliphatic rings. The number of hydrogen-bond donors (Lipinski definition) is 1. The molecule has 0 spiro atoms. The maximum atomic E-state index is 5.44. The van der Waals surface area contributed by atoms with Gasteiger partial charge in [-0.05, 0) is 30.4 Å². The van der Waals surface area contributed by atoms with Crippen LogP contribution in [0.25, 0.3) is 0 Å². The van der Waals surface area contributed by atoms with Crippen LogP contribution in [0.5, 0.6) is 11.5 Å². The van der Waals surface area contributed by atoms with Gasteiger partial charge in [0, 0.05) is 32.0 Å². The Bertz CT molecular complexity index is 419. The number of anilines is 1. The van der Waals surface area contributed by atoms with E-state index in [0.717, 1.165) is 37.5 Å². The third-order valence-electron chi connectivity index (χ3n) is 3.46. The minimum atomic E-state index is 0.334. The lowest BCUT2D eigenvalue weighted by atomic mass is 9.88. The van der Waals surface area contributed by atoms with Gasteiger partial charge in [-0.3, -0.25) is 0 Å². The van der Waals surface area contributed by atoms with Crippen LogP contribution >= 0.6 is 0 Å². The summed E-state index contributed by atoms with van der Waals surface area (Å²) in [5.74, 6) is 2.28. The van der Waals surface area contributed by atoms with E-state index in [1.807, 2.05) is 0 Å². The van der Waals surface area contributed by atoms with Crippen LogP contribution in [0.15, 0.2) is 12.1 Å². The number of hydrogen-bond acceptors (Lipinski definition) is 4. The van der Waals surface area contributed by atoms with E-state index in [2.05, 4.69) is 17.4 Å². The molecule has 17 heavy (non-hydrogen) atoms. The maximum absolute atomic E-state index is 5.44. The van der Waals surface area contributed by atoms with Crippen LogP contribution in [0.2, 0.25) is 0 Å². The van der Waals surface area contributed by atoms with Crippen molar-refractivity contribution in [2.24, 2.45) is 0 Å². The van der Waals surface area contributed by atoms with E-state index in [1.54, 1.807) is 7.11 Å². The van der Waals surface area contributed by atoms with Crippen LogP contribution < -0.4 is 14.8 Å². The standard InChI is InChI=1S/C13H17NO3/c1-15-5-3-9-2-4-14-11-7-13-12(6-10(9)11)16-8-17-13/h6-7,9,14H,2-5,8H2,1H3. The van der Waals surface area contributed by atoms with E-state index < -0.39 is 0 Å². The summed E-state index contributed by atoms with van der Waals surface area (Å²) in [7, 11) is 1.75. The zero-order valence-electron chi connectivity index (χ0n) is 9.99. The first-order chi connectivity index (χ1) is 8.38. The number of nitrogens with one attached hydrogen (secondary N) is 1. The smallest absolute Gasteiger partial charge is 0.231 e. The highest BCUT2D eigenvalue weighted by Crippen LogP contribution is 2.43. The van der Waals surface area contributed by atoms with Crippen molar-refractivity contribution in [3.8, 4) is 11.5 Å². The molecule has 1 aromatic carbocycles. The first kappa shape index (κ1) is 10.7. The van der Waals surface area contributed by atoms with E-state index in [1.165, 1.54) is 11.3 Å². The molecule has 0 bridgehead atoms. The molecule has 4 nitrogen and oxygen atoms in total. The van der Waals surface area contributed by atoms with Crippen molar-refractivity contribution in [1.29, 1.82) is 0 Å². The Morgan fingerprint density at radius 2 is 2.18 bits per heavy atom. The summed E-state index contributed by atoms with van der Waals surface area (Å²) < 4.78 is 16.0. The molecule has 0 aliphatic carbocycles. The Morgan fingerprint density at radius 3 is 3.00 bits per heavy atom. The first-order valence-electron chi connectivity index (χ1n) is 6.05. The lowest BCUT2D eigenvalue weighted by Gasteiger charge is -2.26. The van der Waals surface area contributed by atoms with Gasteiger partial charge in [-0.2, -0.15) is 0 Å². The highest BCUT2D eigenvalue weighted by Gasteiger charge is 2.24. The Labute approximate surface area is 101 Å². The van der Waals surface area contributed by atoms with Gasteiger partial charge in [0.2, 0.25) is 6.79 Å². The third kappa shape index (κ3) is 1.93. The molecular weight excluding hydrogens is 218 g/mol.